The SMILES string of the molecule is C.Cc1cccc2c1nc(COc1ccc(Cl)cc1)n2CCC(C)C(=O)N1CCC(CC2CCCCC2)CC1.Cc1cccc2c1nc(COc1ccc(Cl)cc1)n2CCC(C)C(=O)N1CCC(Cc2ccccc2)CC1. The number of aryl methyl sites for hydroxylation is 4. The fourth-order valence-electron chi connectivity index (χ4n) is 11.9. The molecule has 10 nitrogen and oxygen atoms in total. The summed E-state index contributed by atoms with van der Waals surface area (Å²) in [4.78, 5) is 40.7. The average Bonchev–Trinajstić information content (AvgIpc) is 4.02. The third-order valence-corrected chi connectivity index (χ3v) is 17.0. The molecule has 7 aromatic rings. The van der Waals surface area contributed by atoms with E-state index in [2.05, 4.69) is 113 Å². The summed E-state index contributed by atoms with van der Waals surface area (Å²) in [7, 11) is 0. The van der Waals surface area contributed by atoms with Gasteiger partial charge in [0, 0.05) is 61.1 Å². The molecule has 1 aliphatic carbocycles. The van der Waals surface area contributed by atoms with E-state index in [-0.39, 0.29) is 25.2 Å². The van der Waals surface area contributed by atoms with Gasteiger partial charge in [-0.3, -0.25) is 9.59 Å². The smallest absolute Gasteiger partial charge is 0.225 e. The standard InChI is InChI=1S/C32H42ClN3O2.C32H36ClN3O2.CH4/c2*1-23-7-6-10-29-31(23)34-30(22-38-28-13-11-27(33)12-14-28)36(29)20-15-24(2)32(37)35-18-16-26(17-19-35)21-25-8-4-3-5-9-25;/h6-7,10-14,24-26H,3-5,8-9,15-22H2,1-2H3;3-14,24,26H,15-22H2,1-2H3;1H4. The Bertz CT molecular complexity index is 2970. The van der Waals surface area contributed by atoms with E-state index in [1.54, 1.807) is 0 Å². The topological polar surface area (TPSA) is 94.7 Å². The van der Waals surface area contributed by atoms with Crippen molar-refractivity contribution in [1.29, 1.82) is 0 Å². The molecule has 3 fully saturated rings. The molecule has 3 aliphatic rings. The van der Waals surface area contributed by atoms with Crippen LogP contribution in [0.15, 0.2) is 115 Å². The van der Waals surface area contributed by atoms with Gasteiger partial charge in [-0.05, 0) is 160 Å². The Labute approximate surface area is 468 Å². The Morgan fingerprint density at radius 1 is 0.545 bits per heavy atom. The highest BCUT2D eigenvalue weighted by atomic mass is 35.5. The lowest BCUT2D eigenvalue weighted by molar-refractivity contribution is -0.137. The number of imidazole rings is 2. The molecular weight excluding hydrogens is 1000 g/mol. The monoisotopic (exact) mass is 1080 g/mol. The largest absolute Gasteiger partial charge is 0.486 e. The highest BCUT2D eigenvalue weighted by molar-refractivity contribution is 6.30. The van der Waals surface area contributed by atoms with Crippen molar-refractivity contribution in [2.75, 3.05) is 26.2 Å². The first-order chi connectivity index (χ1) is 36.9. The summed E-state index contributed by atoms with van der Waals surface area (Å²) < 4.78 is 16.5. The molecule has 2 aliphatic heterocycles. The van der Waals surface area contributed by atoms with Crippen LogP contribution >= 0.6 is 23.2 Å². The van der Waals surface area contributed by atoms with Crippen molar-refractivity contribution in [1.82, 2.24) is 28.9 Å². The number of rotatable bonds is 18. The summed E-state index contributed by atoms with van der Waals surface area (Å²) >= 11 is 12.0. The molecule has 1 saturated carbocycles. The highest BCUT2D eigenvalue weighted by Crippen LogP contribution is 2.34. The van der Waals surface area contributed by atoms with E-state index in [0.29, 0.717) is 35.1 Å². The van der Waals surface area contributed by atoms with Gasteiger partial charge in [-0.1, -0.05) is 131 Å². The minimum absolute atomic E-state index is 0. The number of amides is 2. The first-order valence-electron chi connectivity index (χ1n) is 28.2. The molecule has 5 aromatic carbocycles. The molecule has 2 amide bonds. The molecule has 12 heteroatoms. The summed E-state index contributed by atoms with van der Waals surface area (Å²) in [5.74, 6) is 6.17. The molecule has 2 unspecified atom stereocenters. The number of hydrogen-bond donors (Lipinski definition) is 0. The van der Waals surface area contributed by atoms with Gasteiger partial charge < -0.3 is 28.4 Å². The second kappa shape index (κ2) is 27.7. The van der Waals surface area contributed by atoms with Gasteiger partial charge in [0.05, 0.1) is 22.1 Å². The Kier molecular flexibility index (Phi) is 20.6. The van der Waals surface area contributed by atoms with Gasteiger partial charge in [-0.25, -0.2) is 9.97 Å². The molecule has 4 heterocycles. The number of carbonyl (C=O) groups is 2. The zero-order valence-corrected chi connectivity index (χ0v) is 46.8. The van der Waals surface area contributed by atoms with Crippen LogP contribution in [0.3, 0.4) is 0 Å². The summed E-state index contributed by atoms with van der Waals surface area (Å²) in [5, 5.41) is 1.37. The van der Waals surface area contributed by atoms with E-state index in [1.165, 1.54) is 56.9 Å². The normalized spacial score (nSPS) is 16.4. The van der Waals surface area contributed by atoms with Gasteiger partial charge in [0.25, 0.3) is 0 Å². The predicted octanol–water partition coefficient (Wildman–Crippen LogP) is 15.5. The maximum absolute atomic E-state index is 13.4. The number of carbonyl (C=O) groups excluding carboxylic acids is 2. The van der Waals surface area contributed by atoms with Crippen LogP contribution in [0.2, 0.25) is 10.0 Å². The van der Waals surface area contributed by atoms with Crippen molar-refractivity contribution in [3.63, 3.8) is 0 Å². The number of hydrogen-bond acceptors (Lipinski definition) is 6. The Hall–Kier alpha value is -5.84. The van der Waals surface area contributed by atoms with Crippen LogP contribution in [0.1, 0.15) is 127 Å². The van der Waals surface area contributed by atoms with Crippen LogP contribution < -0.4 is 9.47 Å². The zero-order chi connectivity index (χ0) is 53.0. The predicted molar refractivity (Wildman–Crippen MR) is 315 cm³/mol. The Morgan fingerprint density at radius 2 is 0.974 bits per heavy atom. The van der Waals surface area contributed by atoms with Crippen molar-refractivity contribution in [3.8, 4) is 11.5 Å². The maximum atomic E-state index is 13.4. The van der Waals surface area contributed by atoms with Gasteiger partial charge in [0.1, 0.15) is 36.4 Å². The number of piperidine rings is 2. The Morgan fingerprint density at radius 3 is 1.43 bits per heavy atom. The second-order valence-electron chi connectivity index (χ2n) is 22.1. The molecule has 410 valence electrons. The Balaban J connectivity index is 0.000000201. The van der Waals surface area contributed by atoms with Crippen molar-refractivity contribution in [2.45, 2.75) is 145 Å². The van der Waals surface area contributed by atoms with E-state index in [0.717, 1.165) is 140 Å². The third kappa shape index (κ3) is 15.3. The number of ether oxygens (including phenoxy) is 2. The number of fused-ring (bicyclic) bond motifs is 2. The van der Waals surface area contributed by atoms with Gasteiger partial charge in [-0.2, -0.15) is 0 Å². The second-order valence-corrected chi connectivity index (χ2v) is 22.9. The number of nitrogens with zero attached hydrogens (tertiary/aromatic N) is 6. The number of aromatic nitrogens is 4. The van der Waals surface area contributed by atoms with Crippen molar-refractivity contribution in [2.24, 2.45) is 29.6 Å². The summed E-state index contributed by atoms with van der Waals surface area (Å²) in [6.07, 6.45) is 15.6. The van der Waals surface area contributed by atoms with E-state index in [1.807, 2.05) is 48.5 Å². The van der Waals surface area contributed by atoms with Crippen molar-refractivity contribution < 1.29 is 19.1 Å². The van der Waals surface area contributed by atoms with E-state index in [9.17, 15) is 9.59 Å². The molecular formula is C65H82Cl2N6O4. The number of likely N-dealkylation sites (tertiary alicyclic amines) is 2. The molecule has 0 N–H and O–H groups in total. The minimum Gasteiger partial charge on any atom is -0.486 e. The average molecular weight is 1080 g/mol. The summed E-state index contributed by atoms with van der Waals surface area (Å²) in [6, 6.07) is 38.0. The fourth-order valence-corrected chi connectivity index (χ4v) is 12.1. The van der Waals surface area contributed by atoms with E-state index < -0.39 is 0 Å². The highest BCUT2D eigenvalue weighted by Gasteiger charge is 2.29. The quantitative estimate of drug-likeness (QED) is 0.0850. The first kappa shape index (κ1) is 57.3. The molecule has 0 bridgehead atoms. The van der Waals surface area contributed by atoms with Gasteiger partial charge in [0.15, 0.2) is 0 Å². The lowest BCUT2D eigenvalue weighted by Gasteiger charge is -2.35. The van der Waals surface area contributed by atoms with Crippen LogP contribution in [0.5, 0.6) is 11.5 Å². The van der Waals surface area contributed by atoms with E-state index >= 15 is 0 Å². The molecule has 0 radical (unpaired) electrons. The summed E-state index contributed by atoms with van der Waals surface area (Å²) in [5.41, 5.74) is 7.85. The molecule has 10 rings (SSSR count). The van der Waals surface area contributed by atoms with Crippen LogP contribution in [-0.4, -0.2) is 66.9 Å². The lowest BCUT2D eigenvalue weighted by atomic mass is 9.80. The number of para-hydroxylation sites is 2. The van der Waals surface area contributed by atoms with Crippen molar-refractivity contribution in [3.05, 3.63) is 154 Å². The molecule has 0 spiro atoms. The van der Waals surface area contributed by atoms with E-state index in [4.69, 9.17) is 42.6 Å². The molecule has 2 atom stereocenters. The zero-order valence-electron chi connectivity index (χ0n) is 45.3. The molecule has 2 saturated heterocycles. The van der Waals surface area contributed by atoms with Crippen LogP contribution in [0, 0.1) is 43.4 Å². The molecule has 2 aromatic heterocycles. The van der Waals surface area contributed by atoms with Crippen LogP contribution in [0.4, 0.5) is 0 Å². The summed E-state index contributed by atoms with van der Waals surface area (Å²) in [6.45, 7) is 14.1. The third-order valence-electron chi connectivity index (χ3n) is 16.5. The number of halogens is 2. The van der Waals surface area contributed by atoms with Crippen LogP contribution in [0.25, 0.3) is 22.1 Å². The fraction of sp³-hybridized carbons (Fsp3) is 0.477. The number of benzene rings is 5. The first-order valence-corrected chi connectivity index (χ1v) is 29.0. The van der Waals surface area contributed by atoms with Crippen LogP contribution in [-0.2, 0) is 42.3 Å². The van der Waals surface area contributed by atoms with Gasteiger partial charge in [0.2, 0.25) is 11.8 Å². The molecule has 77 heavy (non-hydrogen) atoms. The lowest BCUT2D eigenvalue weighted by Crippen LogP contribution is -2.41. The maximum Gasteiger partial charge on any atom is 0.225 e. The van der Waals surface area contributed by atoms with Gasteiger partial charge in [-0.15, -0.1) is 0 Å². The van der Waals surface area contributed by atoms with Crippen molar-refractivity contribution >= 4 is 57.1 Å². The minimum atomic E-state index is -0.0482. The van der Waals surface area contributed by atoms with Gasteiger partial charge >= 0.3 is 0 Å².